The quantitative estimate of drug-likeness (QED) is 0.371. The monoisotopic (exact) mass is 433 g/mol. The van der Waals surface area contributed by atoms with Gasteiger partial charge in [0, 0.05) is 24.5 Å². The molecule has 3 heterocycles. The van der Waals surface area contributed by atoms with Gasteiger partial charge < -0.3 is 4.74 Å². The summed E-state index contributed by atoms with van der Waals surface area (Å²) in [5, 5.41) is 0.703. The van der Waals surface area contributed by atoms with Crippen molar-refractivity contribution in [3.63, 3.8) is 0 Å². The molecule has 7 nitrogen and oxygen atoms in total. The Labute approximate surface area is 183 Å². The molecule has 2 aromatic heterocycles. The zero-order chi connectivity index (χ0) is 21.4. The van der Waals surface area contributed by atoms with Gasteiger partial charge in [0.25, 0.3) is 5.56 Å². The summed E-state index contributed by atoms with van der Waals surface area (Å²) >= 11 is 1.59. The van der Waals surface area contributed by atoms with E-state index in [0.717, 1.165) is 42.2 Å². The molecule has 0 aliphatic carbocycles. The van der Waals surface area contributed by atoms with Crippen LogP contribution in [0.5, 0.6) is 5.75 Å². The molecule has 0 saturated heterocycles. The second-order valence-corrected chi connectivity index (χ2v) is 8.63. The second-order valence-electron chi connectivity index (χ2n) is 7.55. The van der Waals surface area contributed by atoms with Crippen molar-refractivity contribution >= 4 is 27.5 Å². The van der Waals surface area contributed by atoms with Crippen LogP contribution in [-0.2, 0) is 19.5 Å². The highest BCUT2D eigenvalue weighted by Gasteiger charge is 2.25. The first-order chi connectivity index (χ1) is 15.2. The number of hydrogen-bond donors (Lipinski definition) is 2. The number of methoxy groups -OCH3 is 1. The van der Waals surface area contributed by atoms with E-state index in [9.17, 15) is 4.79 Å². The Balaban J connectivity index is 1.55. The molecule has 5 rings (SSSR count). The van der Waals surface area contributed by atoms with Crippen molar-refractivity contribution in [3.8, 4) is 11.4 Å². The number of benzene rings is 2. The van der Waals surface area contributed by atoms with Crippen LogP contribution in [-0.4, -0.2) is 28.1 Å². The molecule has 0 saturated carbocycles. The molecule has 0 amide bonds. The maximum atomic E-state index is 13.6. The van der Waals surface area contributed by atoms with Gasteiger partial charge in [-0.25, -0.2) is 15.4 Å². The van der Waals surface area contributed by atoms with Crippen molar-refractivity contribution in [2.24, 2.45) is 5.84 Å². The minimum absolute atomic E-state index is 0.0999. The van der Waals surface area contributed by atoms with Crippen molar-refractivity contribution in [1.82, 2.24) is 14.5 Å². The van der Waals surface area contributed by atoms with Crippen molar-refractivity contribution in [2.75, 3.05) is 19.1 Å². The normalized spacial score (nSPS) is 13.9. The molecular formula is C23H23N5O2S. The van der Waals surface area contributed by atoms with Gasteiger partial charge in [0.05, 0.1) is 18.2 Å². The number of thiophene rings is 1. The van der Waals surface area contributed by atoms with Gasteiger partial charge in [-0.1, -0.05) is 30.3 Å². The molecule has 2 aromatic carbocycles. The Hall–Kier alpha value is -3.20. The van der Waals surface area contributed by atoms with Crippen LogP contribution in [0.3, 0.4) is 0 Å². The number of anilines is 1. The van der Waals surface area contributed by atoms with E-state index in [0.29, 0.717) is 17.0 Å². The van der Waals surface area contributed by atoms with E-state index in [1.165, 1.54) is 15.0 Å². The Morgan fingerprint density at radius 3 is 2.65 bits per heavy atom. The maximum absolute atomic E-state index is 13.6. The van der Waals surface area contributed by atoms with Gasteiger partial charge in [-0.15, -0.1) is 11.3 Å². The fourth-order valence-corrected chi connectivity index (χ4v) is 5.39. The zero-order valence-corrected chi connectivity index (χ0v) is 18.0. The van der Waals surface area contributed by atoms with Gasteiger partial charge in [0.1, 0.15) is 10.6 Å². The van der Waals surface area contributed by atoms with Crippen molar-refractivity contribution in [1.29, 1.82) is 0 Å². The highest BCUT2D eigenvalue weighted by atomic mass is 32.1. The minimum atomic E-state index is -0.0999. The van der Waals surface area contributed by atoms with Crippen LogP contribution in [0.15, 0.2) is 59.4 Å². The summed E-state index contributed by atoms with van der Waals surface area (Å²) in [6.45, 7) is 2.62. The lowest BCUT2D eigenvalue weighted by Crippen LogP contribution is -2.30. The van der Waals surface area contributed by atoms with E-state index in [1.54, 1.807) is 18.4 Å². The molecule has 158 valence electrons. The number of nitrogens with one attached hydrogen (secondary N) is 1. The van der Waals surface area contributed by atoms with E-state index < -0.39 is 0 Å². The first-order valence-corrected chi connectivity index (χ1v) is 10.9. The molecule has 0 bridgehead atoms. The lowest BCUT2D eigenvalue weighted by molar-refractivity contribution is 0.249. The standard InChI is InChI=1S/C23H23N5O2S/c1-30-17-9-7-16(8-10-17)28-22(29)20-18-11-12-27(13-15-5-3-2-4-6-15)14-19(18)31-21(20)25-23(28)26-24/h2-10H,11-14,24H2,1H3,(H,25,26). The molecule has 8 heteroatoms. The molecule has 0 atom stereocenters. The van der Waals surface area contributed by atoms with Crippen LogP contribution in [0.1, 0.15) is 16.0 Å². The van der Waals surface area contributed by atoms with Crippen molar-refractivity contribution in [2.45, 2.75) is 19.5 Å². The summed E-state index contributed by atoms with van der Waals surface area (Å²) < 4.78 is 6.76. The van der Waals surface area contributed by atoms with Crippen LogP contribution >= 0.6 is 11.3 Å². The number of rotatable bonds is 5. The SMILES string of the molecule is COc1ccc(-n2c(NN)nc3sc4c(c3c2=O)CCN(Cc2ccccc2)C4)cc1. The first-order valence-electron chi connectivity index (χ1n) is 10.1. The number of ether oxygens (including phenoxy) is 1. The number of aromatic nitrogens is 2. The molecule has 0 spiro atoms. The predicted molar refractivity (Wildman–Crippen MR) is 124 cm³/mol. The number of hydrogen-bond acceptors (Lipinski definition) is 7. The third-order valence-electron chi connectivity index (χ3n) is 5.66. The van der Waals surface area contributed by atoms with Gasteiger partial charge in [-0.05, 0) is 41.8 Å². The van der Waals surface area contributed by atoms with Gasteiger partial charge in [-0.2, -0.15) is 0 Å². The Morgan fingerprint density at radius 2 is 1.94 bits per heavy atom. The summed E-state index contributed by atoms with van der Waals surface area (Å²) in [7, 11) is 1.61. The number of nitrogens with zero attached hydrogens (tertiary/aromatic N) is 3. The van der Waals surface area contributed by atoms with Crippen LogP contribution in [0.2, 0.25) is 0 Å². The van der Waals surface area contributed by atoms with E-state index in [4.69, 9.17) is 10.6 Å². The first kappa shape index (κ1) is 19.7. The number of nitrogens with two attached hydrogens (primary N) is 1. The third kappa shape index (κ3) is 3.59. The summed E-state index contributed by atoms with van der Waals surface area (Å²) in [6, 6.07) is 17.8. The van der Waals surface area contributed by atoms with Crippen LogP contribution in [0, 0.1) is 0 Å². The number of hydrazine groups is 1. The lowest BCUT2D eigenvalue weighted by Gasteiger charge is -2.26. The van der Waals surface area contributed by atoms with Gasteiger partial charge in [-0.3, -0.25) is 15.1 Å². The second kappa shape index (κ2) is 8.14. The molecule has 4 aromatic rings. The number of fused-ring (bicyclic) bond motifs is 3. The Morgan fingerprint density at radius 1 is 1.16 bits per heavy atom. The molecule has 31 heavy (non-hydrogen) atoms. The Kier molecular flexibility index (Phi) is 5.19. The zero-order valence-electron chi connectivity index (χ0n) is 17.2. The van der Waals surface area contributed by atoms with E-state index in [2.05, 4.69) is 39.6 Å². The largest absolute Gasteiger partial charge is 0.497 e. The molecule has 0 fully saturated rings. The molecule has 0 unspecified atom stereocenters. The smallest absolute Gasteiger partial charge is 0.268 e. The highest BCUT2D eigenvalue weighted by Crippen LogP contribution is 2.34. The summed E-state index contributed by atoms with van der Waals surface area (Å²) in [6.07, 6.45) is 0.830. The van der Waals surface area contributed by atoms with Crippen molar-refractivity contribution < 1.29 is 4.74 Å². The average molecular weight is 434 g/mol. The fraction of sp³-hybridized carbons (Fsp3) is 0.217. The minimum Gasteiger partial charge on any atom is -0.497 e. The van der Waals surface area contributed by atoms with Crippen LogP contribution in [0.25, 0.3) is 15.9 Å². The summed E-state index contributed by atoms with van der Waals surface area (Å²) in [5.74, 6) is 6.78. The highest BCUT2D eigenvalue weighted by molar-refractivity contribution is 7.18. The van der Waals surface area contributed by atoms with E-state index >= 15 is 0 Å². The van der Waals surface area contributed by atoms with Crippen LogP contribution < -0.4 is 21.6 Å². The topological polar surface area (TPSA) is 85.4 Å². The van der Waals surface area contributed by atoms with Gasteiger partial charge >= 0.3 is 0 Å². The van der Waals surface area contributed by atoms with E-state index in [-0.39, 0.29) is 5.56 Å². The number of nitrogen functional groups attached to an aromatic ring is 1. The van der Waals surface area contributed by atoms with Crippen LogP contribution in [0.4, 0.5) is 5.95 Å². The molecule has 0 radical (unpaired) electrons. The summed E-state index contributed by atoms with van der Waals surface area (Å²) in [5.41, 5.74) is 5.60. The lowest BCUT2D eigenvalue weighted by atomic mass is 10.0. The fourth-order valence-electron chi connectivity index (χ4n) is 4.14. The maximum Gasteiger partial charge on any atom is 0.268 e. The molecule has 1 aliphatic rings. The third-order valence-corrected chi connectivity index (χ3v) is 6.77. The van der Waals surface area contributed by atoms with Gasteiger partial charge in [0.2, 0.25) is 5.95 Å². The molecule has 1 aliphatic heterocycles. The predicted octanol–water partition coefficient (Wildman–Crippen LogP) is 3.30. The van der Waals surface area contributed by atoms with Crippen molar-refractivity contribution in [3.05, 3.63) is 81.0 Å². The summed E-state index contributed by atoms with van der Waals surface area (Å²) in [4.78, 5) is 22.6. The van der Waals surface area contributed by atoms with Gasteiger partial charge in [0.15, 0.2) is 0 Å². The average Bonchev–Trinajstić information content (AvgIpc) is 3.17. The van der Waals surface area contributed by atoms with E-state index in [1.807, 2.05) is 30.3 Å². The Bertz CT molecular complexity index is 1280. The molecule has 3 N–H and O–H groups in total. The molecular weight excluding hydrogens is 410 g/mol.